The van der Waals surface area contributed by atoms with Crippen LogP contribution >= 0.6 is 11.6 Å². The molecule has 0 saturated carbocycles. The SMILES string of the molecule is Cc1cccc(C(C)O)c1OCc1cccc(Cl)c1. The Kier molecular flexibility index (Phi) is 4.46. The number of aliphatic hydroxyl groups is 1. The Morgan fingerprint density at radius 2 is 1.95 bits per heavy atom. The molecule has 1 N–H and O–H groups in total. The quantitative estimate of drug-likeness (QED) is 0.903. The molecular weight excluding hydrogens is 260 g/mol. The van der Waals surface area contributed by atoms with E-state index in [9.17, 15) is 5.11 Å². The minimum absolute atomic E-state index is 0.436. The van der Waals surface area contributed by atoms with Crippen LogP contribution < -0.4 is 4.74 Å². The Morgan fingerprint density at radius 1 is 1.21 bits per heavy atom. The largest absolute Gasteiger partial charge is 0.488 e. The van der Waals surface area contributed by atoms with Gasteiger partial charge in [-0.3, -0.25) is 0 Å². The zero-order chi connectivity index (χ0) is 13.8. The van der Waals surface area contributed by atoms with Crippen LogP contribution in [0, 0.1) is 6.92 Å². The molecule has 0 amide bonds. The second-order valence-electron chi connectivity index (χ2n) is 4.59. The molecule has 0 aliphatic heterocycles. The number of rotatable bonds is 4. The minimum atomic E-state index is -0.547. The highest BCUT2D eigenvalue weighted by Crippen LogP contribution is 2.29. The van der Waals surface area contributed by atoms with Gasteiger partial charge in [0.1, 0.15) is 12.4 Å². The van der Waals surface area contributed by atoms with Gasteiger partial charge >= 0.3 is 0 Å². The van der Waals surface area contributed by atoms with E-state index >= 15 is 0 Å². The summed E-state index contributed by atoms with van der Waals surface area (Å²) in [6.07, 6.45) is -0.547. The molecule has 1 unspecified atom stereocenters. The lowest BCUT2D eigenvalue weighted by atomic mass is 10.1. The first kappa shape index (κ1) is 13.9. The molecule has 1 atom stereocenters. The zero-order valence-electron chi connectivity index (χ0n) is 11.1. The van der Waals surface area contributed by atoms with Crippen molar-refractivity contribution in [2.45, 2.75) is 26.6 Å². The Balaban J connectivity index is 2.19. The lowest BCUT2D eigenvalue weighted by Crippen LogP contribution is -2.02. The fraction of sp³-hybridized carbons (Fsp3) is 0.250. The molecule has 3 heteroatoms. The second-order valence-corrected chi connectivity index (χ2v) is 5.02. The van der Waals surface area contributed by atoms with Gasteiger partial charge in [-0.2, -0.15) is 0 Å². The van der Waals surface area contributed by atoms with E-state index in [4.69, 9.17) is 16.3 Å². The van der Waals surface area contributed by atoms with E-state index in [1.54, 1.807) is 6.92 Å². The smallest absolute Gasteiger partial charge is 0.128 e. The lowest BCUT2D eigenvalue weighted by molar-refractivity contribution is 0.189. The summed E-state index contributed by atoms with van der Waals surface area (Å²) in [5.74, 6) is 0.748. The topological polar surface area (TPSA) is 29.5 Å². The highest BCUT2D eigenvalue weighted by molar-refractivity contribution is 6.30. The summed E-state index contributed by atoms with van der Waals surface area (Å²) < 4.78 is 5.85. The standard InChI is InChI=1S/C16H17ClO2/c1-11-5-3-8-15(12(2)18)16(11)19-10-13-6-4-7-14(17)9-13/h3-9,12,18H,10H2,1-2H3. The highest BCUT2D eigenvalue weighted by atomic mass is 35.5. The van der Waals surface area contributed by atoms with Gasteiger partial charge in [0.2, 0.25) is 0 Å². The Morgan fingerprint density at radius 3 is 2.63 bits per heavy atom. The zero-order valence-corrected chi connectivity index (χ0v) is 11.8. The van der Waals surface area contributed by atoms with Crippen molar-refractivity contribution in [2.75, 3.05) is 0 Å². The number of hydrogen-bond acceptors (Lipinski definition) is 2. The fourth-order valence-electron chi connectivity index (χ4n) is 1.98. The molecule has 2 nitrogen and oxygen atoms in total. The van der Waals surface area contributed by atoms with Crippen LogP contribution in [0.3, 0.4) is 0 Å². The summed E-state index contributed by atoms with van der Waals surface area (Å²) >= 11 is 5.94. The summed E-state index contributed by atoms with van der Waals surface area (Å²) in [6.45, 7) is 4.14. The van der Waals surface area contributed by atoms with Gasteiger partial charge in [-0.1, -0.05) is 41.9 Å². The van der Waals surface area contributed by atoms with Crippen molar-refractivity contribution in [3.8, 4) is 5.75 Å². The molecule has 19 heavy (non-hydrogen) atoms. The maximum atomic E-state index is 9.77. The lowest BCUT2D eigenvalue weighted by Gasteiger charge is -2.16. The van der Waals surface area contributed by atoms with Crippen LogP contribution in [-0.2, 0) is 6.61 Å². The minimum Gasteiger partial charge on any atom is -0.488 e. The summed E-state index contributed by atoms with van der Waals surface area (Å²) in [6, 6.07) is 13.3. The number of benzene rings is 2. The van der Waals surface area contributed by atoms with Crippen LogP contribution in [0.2, 0.25) is 5.02 Å². The third kappa shape index (κ3) is 3.49. The third-order valence-corrected chi connectivity index (χ3v) is 3.20. The van der Waals surface area contributed by atoms with Crippen molar-refractivity contribution in [3.63, 3.8) is 0 Å². The Labute approximate surface area is 118 Å². The average molecular weight is 277 g/mol. The van der Waals surface area contributed by atoms with Gasteiger partial charge in [-0.05, 0) is 37.1 Å². The molecule has 100 valence electrons. The molecule has 0 aliphatic rings. The van der Waals surface area contributed by atoms with E-state index in [-0.39, 0.29) is 0 Å². The molecule has 0 bridgehead atoms. The number of ether oxygens (including phenoxy) is 1. The molecule has 0 spiro atoms. The van der Waals surface area contributed by atoms with E-state index in [1.807, 2.05) is 49.4 Å². The van der Waals surface area contributed by atoms with Gasteiger partial charge in [0.05, 0.1) is 6.10 Å². The Bertz CT molecular complexity index is 564. The fourth-order valence-corrected chi connectivity index (χ4v) is 2.20. The van der Waals surface area contributed by atoms with Gasteiger partial charge < -0.3 is 9.84 Å². The molecule has 0 saturated heterocycles. The number of hydrogen-bond donors (Lipinski definition) is 1. The molecule has 0 heterocycles. The normalized spacial score (nSPS) is 12.2. The van der Waals surface area contributed by atoms with Crippen molar-refractivity contribution in [1.82, 2.24) is 0 Å². The van der Waals surface area contributed by atoms with Crippen LogP contribution in [-0.4, -0.2) is 5.11 Å². The summed E-state index contributed by atoms with van der Waals surface area (Å²) in [4.78, 5) is 0. The van der Waals surface area contributed by atoms with Crippen LogP contribution in [0.15, 0.2) is 42.5 Å². The Hall–Kier alpha value is -1.51. The summed E-state index contributed by atoms with van der Waals surface area (Å²) in [5.41, 5.74) is 2.83. The number of aryl methyl sites for hydroxylation is 1. The first-order valence-electron chi connectivity index (χ1n) is 6.22. The van der Waals surface area contributed by atoms with Gasteiger partial charge in [-0.15, -0.1) is 0 Å². The maximum Gasteiger partial charge on any atom is 0.128 e. The van der Waals surface area contributed by atoms with E-state index in [0.29, 0.717) is 11.6 Å². The monoisotopic (exact) mass is 276 g/mol. The summed E-state index contributed by atoms with van der Waals surface area (Å²) in [7, 11) is 0. The number of para-hydroxylation sites is 1. The van der Waals surface area contributed by atoms with Crippen molar-refractivity contribution in [3.05, 3.63) is 64.2 Å². The van der Waals surface area contributed by atoms with Gasteiger partial charge in [0.25, 0.3) is 0 Å². The number of halogens is 1. The maximum absolute atomic E-state index is 9.77. The van der Waals surface area contributed by atoms with Gasteiger partial charge in [0.15, 0.2) is 0 Å². The molecule has 2 aromatic carbocycles. The molecule has 2 rings (SSSR count). The summed E-state index contributed by atoms with van der Waals surface area (Å²) in [5, 5.41) is 10.5. The van der Waals surface area contributed by atoms with Crippen molar-refractivity contribution in [2.24, 2.45) is 0 Å². The predicted octanol–water partition coefficient (Wildman–Crippen LogP) is 4.28. The van der Waals surface area contributed by atoms with E-state index in [2.05, 4.69) is 0 Å². The van der Waals surface area contributed by atoms with E-state index < -0.39 is 6.10 Å². The highest BCUT2D eigenvalue weighted by Gasteiger charge is 2.11. The average Bonchev–Trinajstić information content (AvgIpc) is 2.37. The van der Waals surface area contributed by atoms with Crippen LogP contribution in [0.5, 0.6) is 5.75 Å². The molecule has 0 aliphatic carbocycles. The van der Waals surface area contributed by atoms with Crippen molar-refractivity contribution < 1.29 is 9.84 Å². The van der Waals surface area contributed by atoms with E-state index in [0.717, 1.165) is 22.4 Å². The molecule has 0 radical (unpaired) electrons. The molecule has 2 aromatic rings. The van der Waals surface area contributed by atoms with Gasteiger partial charge in [0, 0.05) is 10.6 Å². The predicted molar refractivity (Wildman–Crippen MR) is 77.6 cm³/mol. The van der Waals surface area contributed by atoms with Gasteiger partial charge in [-0.25, -0.2) is 0 Å². The first-order valence-corrected chi connectivity index (χ1v) is 6.60. The molecular formula is C16H17ClO2. The second kappa shape index (κ2) is 6.09. The van der Waals surface area contributed by atoms with Crippen molar-refractivity contribution in [1.29, 1.82) is 0 Å². The van der Waals surface area contributed by atoms with Crippen LogP contribution in [0.1, 0.15) is 29.7 Å². The van der Waals surface area contributed by atoms with Crippen LogP contribution in [0.4, 0.5) is 0 Å². The van der Waals surface area contributed by atoms with Crippen LogP contribution in [0.25, 0.3) is 0 Å². The first-order chi connectivity index (χ1) is 9.08. The molecule has 0 aromatic heterocycles. The van der Waals surface area contributed by atoms with E-state index in [1.165, 1.54) is 0 Å². The van der Waals surface area contributed by atoms with Crippen molar-refractivity contribution >= 4 is 11.6 Å². The number of aliphatic hydroxyl groups excluding tert-OH is 1. The third-order valence-electron chi connectivity index (χ3n) is 2.96. The molecule has 0 fully saturated rings.